The van der Waals surface area contributed by atoms with Gasteiger partial charge in [0.25, 0.3) is 0 Å². The number of carbonyl (C=O) groups excluding carboxylic acids is 1. The Hall–Kier alpha value is -1.00. The Kier molecular flexibility index (Phi) is 3.45. The second-order valence-corrected chi connectivity index (χ2v) is 4.83. The van der Waals surface area contributed by atoms with Crippen molar-refractivity contribution < 1.29 is 9.53 Å². The molecule has 0 bridgehead atoms. The van der Waals surface area contributed by atoms with Crippen molar-refractivity contribution in [3.05, 3.63) is 39.1 Å². The number of rotatable bonds is 2. The van der Waals surface area contributed by atoms with Crippen molar-refractivity contribution in [1.82, 2.24) is 4.40 Å². The van der Waals surface area contributed by atoms with Crippen LogP contribution in [0.25, 0.3) is 5.52 Å². The van der Waals surface area contributed by atoms with E-state index in [2.05, 4.69) is 15.9 Å². The molecule has 0 aromatic carbocycles. The van der Waals surface area contributed by atoms with E-state index in [-0.39, 0.29) is 5.97 Å². The molecule has 0 aliphatic heterocycles. The molecule has 0 aliphatic rings. The van der Waals surface area contributed by atoms with Crippen LogP contribution in [0.2, 0.25) is 5.15 Å². The highest BCUT2D eigenvalue weighted by Crippen LogP contribution is 2.28. The number of halogens is 2. The van der Waals surface area contributed by atoms with Crippen molar-refractivity contribution in [1.29, 1.82) is 0 Å². The first-order valence-electron chi connectivity index (χ1n) is 5.19. The minimum Gasteiger partial charge on any atom is -0.462 e. The van der Waals surface area contributed by atoms with Gasteiger partial charge in [-0.15, -0.1) is 0 Å². The van der Waals surface area contributed by atoms with E-state index in [1.807, 2.05) is 23.6 Å². The molecule has 90 valence electrons. The fourth-order valence-corrected chi connectivity index (χ4v) is 2.36. The van der Waals surface area contributed by atoms with Gasteiger partial charge in [-0.1, -0.05) is 11.6 Å². The van der Waals surface area contributed by atoms with Crippen LogP contribution < -0.4 is 0 Å². The number of fused-ring (bicyclic) bond motifs is 1. The highest BCUT2D eigenvalue weighted by molar-refractivity contribution is 9.10. The van der Waals surface area contributed by atoms with E-state index in [1.165, 1.54) is 0 Å². The van der Waals surface area contributed by atoms with E-state index in [0.29, 0.717) is 17.3 Å². The van der Waals surface area contributed by atoms with Gasteiger partial charge >= 0.3 is 5.97 Å². The summed E-state index contributed by atoms with van der Waals surface area (Å²) in [7, 11) is 0. The largest absolute Gasteiger partial charge is 0.462 e. The van der Waals surface area contributed by atoms with E-state index in [4.69, 9.17) is 16.3 Å². The van der Waals surface area contributed by atoms with Crippen LogP contribution in [0, 0.1) is 6.92 Å². The maximum atomic E-state index is 11.8. The summed E-state index contributed by atoms with van der Waals surface area (Å²) in [6.07, 6.45) is 1.85. The Morgan fingerprint density at radius 2 is 2.29 bits per heavy atom. The lowest BCUT2D eigenvalue weighted by Crippen LogP contribution is -2.08. The number of carbonyl (C=O) groups is 1. The average molecular weight is 317 g/mol. The summed E-state index contributed by atoms with van der Waals surface area (Å²) in [5.74, 6) is -0.345. The van der Waals surface area contributed by atoms with Crippen molar-refractivity contribution >= 4 is 39.0 Å². The number of hydrogen-bond acceptors (Lipinski definition) is 2. The standard InChI is InChI=1S/C12H11BrClNO2/c1-3-17-12(16)8-6-10-9(13)4-5-15(10)11(14)7(8)2/h4-6H,3H2,1-2H3. The topological polar surface area (TPSA) is 30.7 Å². The van der Waals surface area contributed by atoms with Crippen molar-refractivity contribution in [2.24, 2.45) is 0 Å². The third-order valence-electron chi connectivity index (χ3n) is 2.58. The third kappa shape index (κ3) is 2.07. The molecule has 0 aliphatic carbocycles. The number of hydrogen-bond donors (Lipinski definition) is 0. The van der Waals surface area contributed by atoms with Gasteiger partial charge in [-0.25, -0.2) is 4.79 Å². The second kappa shape index (κ2) is 4.70. The highest BCUT2D eigenvalue weighted by atomic mass is 79.9. The molecule has 0 radical (unpaired) electrons. The summed E-state index contributed by atoms with van der Waals surface area (Å²) in [6, 6.07) is 3.67. The van der Waals surface area contributed by atoms with Crippen LogP contribution in [0.3, 0.4) is 0 Å². The van der Waals surface area contributed by atoms with Crippen LogP contribution in [0.4, 0.5) is 0 Å². The third-order valence-corrected chi connectivity index (χ3v) is 3.71. The monoisotopic (exact) mass is 315 g/mol. The van der Waals surface area contributed by atoms with E-state index >= 15 is 0 Å². The van der Waals surface area contributed by atoms with Crippen LogP contribution >= 0.6 is 27.5 Å². The molecular weight excluding hydrogens is 305 g/mol. The Balaban J connectivity index is 2.68. The molecule has 2 rings (SSSR count). The van der Waals surface area contributed by atoms with Gasteiger partial charge in [0.05, 0.1) is 17.7 Å². The predicted octanol–water partition coefficient (Wildman–Crippen LogP) is 3.84. The number of esters is 1. The summed E-state index contributed by atoms with van der Waals surface area (Å²) < 4.78 is 7.72. The molecule has 0 amide bonds. The maximum absolute atomic E-state index is 11.8. The minimum absolute atomic E-state index is 0.345. The molecule has 2 aromatic rings. The van der Waals surface area contributed by atoms with Gasteiger partial charge in [-0.05, 0) is 47.5 Å². The van der Waals surface area contributed by atoms with Gasteiger partial charge < -0.3 is 9.14 Å². The summed E-state index contributed by atoms with van der Waals surface area (Å²) in [5.41, 5.74) is 2.08. The van der Waals surface area contributed by atoms with Crippen LogP contribution in [0.1, 0.15) is 22.8 Å². The lowest BCUT2D eigenvalue weighted by atomic mass is 10.1. The zero-order valence-electron chi connectivity index (χ0n) is 9.46. The van der Waals surface area contributed by atoms with Crippen LogP contribution in [0.15, 0.2) is 22.8 Å². The van der Waals surface area contributed by atoms with Gasteiger partial charge in [0.1, 0.15) is 5.15 Å². The number of pyridine rings is 1. The molecular formula is C12H11BrClNO2. The fraction of sp³-hybridized carbons (Fsp3) is 0.250. The molecule has 0 saturated carbocycles. The molecule has 0 spiro atoms. The molecule has 5 heteroatoms. The Morgan fingerprint density at radius 3 is 2.94 bits per heavy atom. The summed E-state index contributed by atoms with van der Waals surface area (Å²) >= 11 is 9.64. The molecule has 0 fully saturated rings. The first-order valence-corrected chi connectivity index (χ1v) is 6.36. The maximum Gasteiger partial charge on any atom is 0.338 e. The summed E-state index contributed by atoms with van der Waals surface area (Å²) in [6.45, 7) is 3.94. The van der Waals surface area contributed by atoms with Crippen LogP contribution in [-0.4, -0.2) is 17.0 Å². The van der Waals surface area contributed by atoms with E-state index < -0.39 is 0 Å². The molecule has 0 saturated heterocycles. The van der Waals surface area contributed by atoms with E-state index in [9.17, 15) is 4.79 Å². The lowest BCUT2D eigenvalue weighted by molar-refractivity contribution is 0.0525. The number of aromatic nitrogens is 1. The van der Waals surface area contributed by atoms with Crippen molar-refractivity contribution in [3.8, 4) is 0 Å². The molecule has 2 heterocycles. The van der Waals surface area contributed by atoms with Crippen LogP contribution in [-0.2, 0) is 4.74 Å². The minimum atomic E-state index is -0.345. The summed E-state index contributed by atoms with van der Waals surface area (Å²) in [5, 5.41) is 0.524. The Morgan fingerprint density at radius 1 is 1.59 bits per heavy atom. The van der Waals surface area contributed by atoms with Crippen molar-refractivity contribution in [2.45, 2.75) is 13.8 Å². The molecule has 0 N–H and O–H groups in total. The first-order chi connectivity index (χ1) is 8.06. The van der Waals surface area contributed by atoms with Gasteiger partial charge in [-0.2, -0.15) is 0 Å². The lowest BCUT2D eigenvalue weighted by Gasteiger charge is -2.09. The van der Waals surface area contributed by atoms with Gasteiger partial charge in [0.15, 0.2) is 0 Å². The Labute approximate surface area is 112 Å². The van der Waals surface area contributed by atoms with Gasteiger partial charge in [-0.3, -0.25) is 0 Å². The molecule has 0 atom stereocenters. The smallest absolute Gasteiger partial charge is 0.338 e. The zero-order chi connectivity index (χ0) is 12.6. The SMILES string of the molecule is CCOC(=O)c1cc2c(Br)ccn2c(Cl)c1C. The quantitative estimate of drug-likeness (QED) is 0.622. The van der Waals surface area contributed by atoms with Gasteiger partial charge in [0, 0.05) is 10.7 Å². The molecule has 17 heavy (non-hydrogen) atoms. The molecule has 0 unspecified atom stereocenters. The number of nitrogens with zero attached hydrogens (tertiary/aromatic N) is 1. The fourth-order valence-electron chi connectivity index (χ4n) is 1.69. The second-order valence-electron chi connectivity index (χ2n) is 3.61. The molecule has 3 nitrogen and oxygen atoms in total. The number of ether oxygens (including phenoxy) is 1. The molecule has 2 aromatic heterocycles. The normalized spacial score (nSPS) is 10.8. The zero-order valence-corrected chi connectivity index (χ0v) is 11.8. The van der Waals surface area contributed by atoms with E-state index in [1.54, 1.807) is 13.0 Å². The predicted molar refractivity (Wildman–Crippen MR) is 70.8 cm³/mol. The van der Waals surface area contributed by atoms with E-state index in [0.717, 1.165) is 15.6 Å². The Bertz CT molecular complexity index is 592. The summed E-state index contributed by atoms with van der Waals surface area (Å²) in [4.78, 5) is 11.8. The van der Waals surface area contributed by atoms with Crippen molar-refractivity contribution in [3.63, 3.8) is 0 Å². The van der Waals surface area contributed by atoms with Gasteiger partial charge in [0.2, 0.25) is 0 Å². The first kappa shape index (κ1) is 12.5. The van der Waals surface area contributed by atoms with Crippen molar-refractivity contribution in [2.75, 3.05) is 6.61 Å². The highest BCUT2D eigenvalue weighted by Gasteiger charge is 2.16. The van der Waals surface area contributed by atoms with Crippen LogP contribution in [0.5, 0.6) is 0 Å². The average Bonchev–Trinajstić information content (AvgIpc) is 2.66.